The number of aromatic nitrogens is 2. The van der Waals surface area contributed by atoms with Gasteiger partial charge in [-0.15, -0.1) is 0 Å². The molecule has 1 aromatic rings. The highest BCUT2D eigenvalue weighted by atomic mass is 15.3. The van der Waals surface area contributed by atoms with E-state index in [1.807, 2.05) is 12.4 Å². The Kier molecular flexibility index (Phi) is 3.81. The Morgan fingerprint density at radius 2 is 2.00 bits per heavy atom. The molecule has 0 aliphatic carbocycles. The van der Waals surface area contributed by atoms with Crippen LogP contribution in [0.2, 0.25) is 0 Å². The van der Waals surface area contributed by atoms with Crippen LogP contribution in [-0.2, 0) is 6.54 Å². The van der Waals surface area contributed by atoms with Crippen molar-refractivity contribution in [3.8, 4) is 0 Å². The molecule has 0 saturated carbocycles. The average molecular weight is 262 g/mol. The smallest absolute Gasteiger partial charge is 0.147 e. The molecule has 1 aromatic heterocycles. The maximum absolute atomic E-state index is 4.58. The third-order valence-electron chi connectivity index (χ3n) is 3.67. The van der Waals surface area contributed by atoms with E-state index in [0.717, 1.165) is 24.6 Å². The van der Waals surface area contributed by atoms with Crippen LogP contribution in [0.3, 0.4) is 0 Å². The summed E-state index contributed by atoms with van der Waals surface area (Å²) in [6, 6.07) is 0. The average Bonchev–Trinajstić information content (AvgIpc) is 2.66. The maximum Gasteiger partial charge on any atom is 0.147 e. The Hall–Kier alpha value is -1.16. The van der Waals surface area contributed by atoms with Gasteiger partial charge < -0.3 is 10.2 Å². The second kappa shape index (κ2) is 5.08. The second-order valence-electron chi connectivity index (χ2n) is 7.04. The Morgan fingerprint density at radius 1 is 1.26 bits per heavy atom. The summed E-state index contributed by atoms with van der Waals surface area (Å²) in [5.74, 6) is 1.00. The molecule has 0 unspecified atom stereocenters. The normalized spacial score (nSPS) is 18.9. The van der Waals surface area contributed by atoms with Crippen LogP contribution < -0.4 is 10.2 Å². The first kappa shape index (κ1) is 14.3. The van der Waals surface area contributed by atoms with E-state index in [1.54, 1.807) is 0 Å². The van der Waals surface area contributed by atoms with Crippen molar-refractivity contribution in [3.05, 3.63) is 18.1 Å². The van der Waals surface area contributed by atoms with Crippen molar-refractivity contribution in [3.63, 3.8) is 0 Å². The van der Waals surface area contributed by atoms with Crippen molar-refractivity contribution in [2.75, 3.05) is 11.4 Å². The molecule has 0 radical (unpaired) electrons. The van der Waals surface area contributed by atoms with Gasteiger partial charge in [0.15, 0.2) is 0 Å². The van der Waals surface area contributed by atoms with Crippen LogP contribution in [0.1, 0.15) is 53.2 Å². The Morgan fingerprint density at radius 3 is 2.47 bits per heavy atom. The van der Waals surface area contributed by atoms with E-state index < -0.39 is 0 Å². The first-order valence-corrected chi connectivity index (χ1v) is 7.12. The van der Waals surface area contributed by atoms with E-state index in [-0.39, 0.29) is 11.1 Å². The molecule has 2 rings (SSSR count). The minimum absolute atomic E-state index is 0.108. The van der Waals surface area contributed by atoms with Crippen LogP contribution in [0, 0.1) is 0 Å². The SMILES string of the molecule is CC(C)(C)NCc1cnc(N2CCCC2(C)C)cn1. The van der Waals surface area contributed by atoms with Gasteiger partial charge >= 0.3 is 0 Å². The lowest BCUT2D eigenvalue weighted by molar-refractivity contribution is 0.421. The highest BCUT2D eigenvalue weighted by Crippen LogP contribution is 2.31. The first-order chi connectivity index (χ1) is 8.78. The zero-order chi connectivity index (χ0) is 14.1. The van der Waals surface area contributed by atoms with Crippen molar-refractivity contribution in [2.24, 2.45) is 0 Å². The van der Waals surface area contributed by atoms with Crippen LogP contribution in [-0.4, -0.2) is 27.6 Å². The topological polar surface area (TPSA) is 41.1 Å². The number of nitrogens with zero attached hydrogens (tertiary/aromatic N) is 3. The van der Waals surface area contributed by atoms with E-state index in [2.05, 4.69) is 54.8 Å². The van der Waals surface area contributed by atoms with E-state index in [0.29, 0.717) is 0 Å². The molecule has 0 bridgehead atoms. The monoisotopic (exact) mass is 262 g/mol. The lowest BCUT2D eigenvalue weighted by atomic mass is 10.0. The number of nitrogens with one attached hydrogen (secondary N) is 1. The predicted molar refractivity (Wildman–Crippen MR) is 79.3 cm³/mol. The van der Waals surface area contributed by atoms with E-state index in [9.17, 15) is 0 Å². The molecule has 2 heterocycles. The van der Waals surface area contributed by atoms with Crippen LogP contribution in [0.5, 0.6) is 0 Å². The van der Waals surface area contributed by atoms with Crippen molar-refractivity contribution in [1.29, 1.82) is 0 Å². The van der Waals surface area contributed by atoms with Crippen LogP contribution in [0.25, 0.3) is 0 Å². The minimum atomic E-state index is 0.108. The largest absolute Gasteiger partial charge is 0.350 e. The molecule has 4 nitrogen and oxygen atoms in total. The fraction of sp³-hybridized carbons (Fsp3) is 0.733. The first-order valence-electron chi connectivity index (χ1n) is 7.12. The van der Waals surface area contributed by atoms with Crippen LogP contribution >= 0.6 is 0 Å². The fourth-order valence-corrected chi connectivity index (χ4v) is 2.47. The third-order valence-corrected chi connectivity index (χ3v) is 3.67. The molecule has 0 amide bonds. The zero-order valence-corrected chi connectivity index (χ0v) is 12.8. The predicted octanol–water partition coefficient (Wildman–Crippen LogP) is 2.74. The molecule has 1 fully saturated rings. The summed E-state index contributed by atoms with van der Waals surface area (Å²) in [7, 11) is 0. The summed E-state index contributed by atoms with van der Waals surface area (Å²) in [6.45, 7) is 12.9. The van der Waals surface area contributed by atoms with E-state index >= 15 is 0 Å². The quantitative estimate of drug-likeness (QED) is 0.909. The molecule has 1 saturated heterocycles. The van der Waals surface area contributed by atoms with Gasteiger partial charge in [0.1, 0.15) is 5.82 Å². The highest BCUT2D eigenvalue weighted by molar-refractivity contribution is 5.41. The molecule has 19 heavy (non-hydrogen) atoms. The minimum Gasteiger partial charge on any atom is -0.350 e. The Bertz CT molecular complexity index is 417. The highest BCUT2D eigenvalue weighted by Gasteiger charge is 2.32. The van der Waals surface area contributed by atoms with Crippen molar-refractivity contribution in [2.45, 2.75) is 65.1 Å². The van der Waals surface area contributed by atoms with Gasteiger partial charge in [-0.25, -0.2) is 4.98 Å². The molecule has 4 heteroatoms. The maximum atomic E-state index is 4.58. The van der Waals surface area contributed by atoms with Gasteiger partial charge in [0.25, 0.3) is 0 Å². The number of rotatable bonds is 3. The third kappa shape index (κ3) is 3.66. The van der Waals surface area contributed by atoms with Crippen molar-refractivity contribution >= 4 is 5.82 Å². The van der Waals surface area contributed by atoms with E-state index in [1.165, 1.54) is 12.8 Å². The van der Waals surface area contributed by atoms with Gasteiger partial charge in [-0.2, -0.15) is 0 Å². The Balaban J connectivity index is 2.03. The van der Waals surface area contributed by atoms with Gasteiger partial charge in [-0.1, -0.05) is 0 Å². The van der Waals surface area contributed by atoms with Gasteiger partial charge in [0.05, 0.1) is 18.1 Å². The molecule has 0 spiro atoms. The standard InChI is InChI=1S/C15H26N4/c1-14(2,3)18-10-12-9-17-13(11-16-12)19-8-6-7-15(19,4)5/h9,11,18H,6-8,10H2,1-5H3. The van der Waals surface area contributed by atoms with Crippen molar-refractivity contribution in [1.82, 2.24) is 15.3 Å². The summed E-state index contributed by atoms with van der Waals surface area (Å²) in [4.78, 5) is 11.5. The lowest BCUT2D eigenvalue weighted by Gasteiger charge is -2.32. The summed E-state index contributed by atoms with van der Waals surface area (Å²) < 4.78 is 0. The van der Waals surface area contributed by atoms with Gasteiger partial charge in [0.2, 0.25) is 0 Å². The molecular formula is C15H26N4. The number of hydrogen-bond donors (Lipinski definition) is 1. The molecule has 0 atom stereocenters. The molecule has 1 N–H and O–H groups in total. The van der Waals surface area contributed by atoms with Crippen molar-refractivity contribution < 1.29 is 0 Å². The summed E-state index contributed by atoms with van der Waals surface area (Å²) >= 11 is 0. The molecule has 1 aliphatic heterocycles. The van der Waals surface area contributed by atoms with Gasteiger partial charge in [0, 0.05) is 24.2 Å². The van der Waals surface area contributed by atoms with Crippen LogP contribution in [0.4, 0.5) is 5.82 Å². The lowest BCUT2D eigenvalue weighted by Crippen LogP contribution is -2.39. The molecular weight excluding hydrogens is 236 g/mol. The molecule has 1 aliphatic rings. The summed E-state index contributed by atoms with van der Waals surface area (Å²) in [5.41, 5.74) is 1.31. The van der Waals surface area contributed by atoms with Gasteiger partial charge in [-0.05, 0) is 47.5 Å². The Labute approximate surface area is 116 Å². The number of anilines is 1. The fourth-order valence-electron chi connectivity index (χ4n) is 2.47. The zero-order valence-electron chi connectivity index (χ0n) is 12.8. The van der Waals surface area contributed by atoms with E-state index in [4.69, 9.17) is 0 Å². The second-order valence-corrected chi connectivity index (χ2v) is 7.04. The number of hydrogen-bond acceptors (Lipinski definition) is 4. The van der Waals surface area contributed by atoms with Gasteiger partial charge in [-0.3, -0.25) is 4.98 Å². The molecule has 106 valence electrons. The molecule has 0 aromatic carbocycles. The summed E-state index contributed by atoms with van der Waals surface area (Å²) in [6.07, 6.45) is 6.26. The summed E-state index contributed by atoms with van der Waals surface area (Å²) in [5, 5.41) is 3.43. The van der Waals surface area contributed by atoms with Crippen LogP contribution in [0.15, 0.2) is 12.4 Å².